The lowest BCUT2D eigenvalue weighted by atomic mass is 9.88. The fraction of sp³-hybridized carbons (Fsp3) is 0.516. The molecule has 0 bridgehead atoms. The number of fused-ring (bicyclic) bond motifs is 1. The van der Waals surface area contributed by atoms with Gasteiger partial charge in [-0.1, -0.05) is 26.2 Å². The van der Waals surface area contributed by atoms with E-state index in [0.717, 1.165) is 32.1 Å². The van der Waals surface area contributed by atoms with Gasteiger partial charge in [-0.25, -0.2) is 4.79 Å². The van der Waals surface area contributed by atoms with E-state index < -0.39 is 12.1 Å². The largest absolute Gasteiger partial charge is 0.497 e. The Balaban J connectivity index is 1.53. The highest BCUT2D eigenvalue weighted by Crippen LogP contribution is 2.32. The maximum absolute atomic E-state index is 13.7. The molecule has 0 unspecified atom stereocenters. The molecule has 2 aliphatic rings. The number of likely N-dealkylation sites (N-methyl/N-ethyl adjacent to an activating group) is 1. The Hall–Kier alpha value is -3.79. The minimum Gasteiger partial charge on any atom is -0.497 e. The van der Waals surface area contributed by atoms with Crippen molar-refractivity contribution >= 4 is 29.2 Å². The first-order chi connectivity index (χ1) is 19.7. The molecule has 41 heavy (non-hydrogen) atoms. The van der Waals surface area contributed by atoms with Crippen LogP contribution in [0, 0.1) is 11.8 Å². The Kier molecular flexibility index (Phi) is 10.1. The highest BCUT2D eigenvalue weighted by atomic mass is 16.5. The Morgan fingerprint density at radius 1 is 1.10 bits per heavy atom. The van der Waals surface area contributed by atoms with Crippen LogP contribution in [0.2, 0.25) is 0 Å². The number of nitrogens with zero attached hydrogens (tertiary/aromatic N) is 2. The van der Waals surface area contributed by atoms with Gasteiger partial charge in [-0.05, 0) is 62.2 Å². The Morgan fingerprint density at radius 2 is 1.78 bits per heavy atom. The van der Waals surface area contributed by atoms with Gasteiger partial charge >= 0.3 is 6.03 Å². The summed E-state index contributed by atoms with van der Waals surface area (Å²) in [5.74, 6) is 0.601. The van der Waals surface area contributed by atoms with Crippen molar-refractivity contribution < 1.29 is 29.0 Å². The molecule has 3 atom stereocenters. The van der Waals surface area contributed by atoms with Gasteiger partial charge in [0.1, 0.15) is 17.6 Å². The summed E-state index contributed by atoms with van der Waals surface area (Å²) in [7, 11) is 3.28. The van der Waals surface area contributed by atoms with Crippen LogP contribution < -0.4 is 20.1 Å². The zero-order chi connectivity index (χ0) is 29.5. The van der Waals surface area contributed by atoms with Crippen LogP contribution in [0.3, 0.4) is 0 Å². The molecule has 1 saturated carbocycles. The SMILES string of the molecule is COc1ccc(NC(=O)N(C)C[C@@H]2Oc3ccc(NC(=O)C4CCCCC4)cc3C(=O)N([C@@H](C)CO)C[C@@H]2C)cc1. The van der Waals surface area contributed by atoms with E-state index in [1.165, 1.54) is 0 Å². The molecule has 0 aromatic heterocycles. The van der Waals surface area contributed by atoms with Crippen LogP contribution in [0.5, 0.6) is 11.5 Å². The van der Waals surface area contributed by atoms with Crippen molar-refractivity contribution in [2.24, 2.45) is 11.8 Å². The number of aliphatic hydroxyl groups excluding tert-OH is 1. The van der Waals surface area contributed by atoms with E-state index in [9.17, 15) is 19.5 Å². The predicted octanol–water partition coefficient (Wildman–Crippen LogP) is 4.60. The number of nitrogens with one attached hydrogen (secondary N) is 2. The van der Waals surface area contributed by atoms with Gasteiger partial charge in [0.25, 0.3) is 5.91 Å². The molecule has 1 aliphatic carbocycles. The third-order valence-electron chi connectivity index (χ3n) is 8.05. The average molecular weight is 567 g/mol. The zero-order valence-corrected chi connectivity index (χ0v) is 24.4. The molecule has 1 heterocycles. The molecular weight excluding hydrogens is 524 g/mol. The molecule has 0 saturated heterocycles. The number of rotatable bonds is 8. The summed E-state index contributed by atoms with van der Waals surface area (Å²) >= 11 is 0. The van der Waals surface area contributed by atoms with Crippen molar-refractivity contribution in [3.05, 3.63) is 48.0 Å². The first-order valence-electron chi connectivity index (χ1n) is 14.4. The average Bonchev–Trinajstić information content (AvgIpc) is 2.99. The summed E-state index contributed by atoms with van der Waals surface area (Å²) in [6.07, 6.45) is 4.57. The van der Waals surface area contributed by atoms with E-state index in [1.54, 1.807) is 73.3 Å². The molecular formula is C31H42N4O6. The van der Waals surface area contributed by atoms with E-state index in [1.807, 2.05) is 6.92 Å². The smallest absolute Gasteiger partial charge is 0.321 e. The topological polar surface area (TPSA) is 120 Å². The highest BCUT2D eigenvalue weighted by Gasteiger charge is 2.34. The standard InChI is InChI=1S/C31H42N4O6/c1-20-17-35(21(2)19-36)30(38)26-16-24(32-29(37)22-8-6-5-7-9-22)12-15-27(26)41-28(20)18-34(3)31(39)33-23-10-13-25(40-4)14-11-23/h10-16,20-22,28,36H,5-9,17-19H2,1-4H3,(H,32,37)(H,33,39)/t20-,21-,28-/m0/s1. The predicted molar refractivity (Wildman–Crippen MR) is 157 cm³/mol. The quantitative estimate of drug-likeness (QED) is 0.430. The lowest BCUT2D eigenvalue weighted by molar-refractivity contribution is -0.120. The molecule has 0 spiro atoms. The van der Waals surface area contributed by atoms with Gasteiger partial charge < -0.3 is 35.0 Å². The Bertz CT molecular complexity index is 1210. The van der Waals surface area contributed by atoms with Crippen LogP contribution in [0.25, 0.3) is 0 Å². The summed E-state index contributed by atoms with van der Waals surface area (Å²) in [4.78, 5) is 42.8. The number of hydrogen-bond donors (Lipinski definition) is 3. The Morgan fingerprint density at radius 3 is 2.44 bits per heavy atom. The molecule has 222 valence electrons. The summed E-state index contributed by atoms with van der Waals surface area (Å²) in [6, 6.07) is 11.4. The molecule has 10 nitrogen and oxygen atoms in total. The second kappa shape index (κ2) is 13.7. The van der Waals surface area contributed by atoms with Crippen LogP contribution in [0.15, 0.2) is 42.5 Å². The van der Waals surface area contributed by atoms with Gasteiger partial charge in [0.15, 0.2) is 0 Å². The van der Waals surface area contributed by atoms with Crippen molar-refractivity contribution in [3.8, 4) is 11.5 Å². The second-order valence-corrected chi connectivity index (χ2v) is 11.2. The fourth-order valence-corrected chi connectivity index (χ4v) is 5.37. The van der Waals surface area contributed by atoms with Gasteiger partial charge in [0, 0.05) is 36.8 Å². The molecule has 2 aromatic carbocycles. The van der Waals surface area contributed by atoms with E-state index in [-0.39, 0.29) is 42.8 Å². The van der Waals surface area contributed by atoms with Crippen molar-refractivity contribution in [3.63, 3.8) is 0 Å². The second-order valence-electron chi connectivity index (χ2n) is 11.2. The minimum absolute atomic E-state index is 0.0200. The third-order valence-corrected chi connectivity index (χ3v) is 8.05. The number of amides is 4. The van der Waals surface area contributed by atoms with Gasteiger partial charge in [-0.3, -0.25) is 9.59 Å². The third kappa shape index (κ3) is 7.49. The van der Waals surface area contributed by atoms with Crippen LogP contribution in [-0.2, 0) is 4.79 Å². The van der Waals surface area contributed by atoms with E-state index in [0.29, 0.717) is 35.0 Å². The van der Waals surface area contributed by atoms with Gasteiger partial charge in [-0.15, -0.1) is 0 Å². The van der Waals surface area contributed by atoms with E-state index in [2.05, 4.69) is 10.6 Å². The lowest BCUT2D eigenvalue weighted by Gasteiger charge is -2.38. The van der Waals surface area contributed by atoms with Crippen molar-refractivity contribution in [2.45, 2.75) is 58.1 Å². The Labute approximate surface area is 242 Å². The van der Waals surface area contributed by atoms with E-state index >= 15 is 0 Å². The number of ether oxygens (including phenoxy) is 2. The molecule has 10 heteroatoms. The maximum atomic E-state index is 13.7. The normalized spacial score (nSPS) is 20.1. The van der Waals surface area contributed by atoms with Crippen LogP contribution >= 0.6 is 0 Å². The van der Waals surface area contributed by atoms with Crippen molar-refractivity contribution in [2.75, 3.05) is 44.5 Å². The molecule has 1 fully saturated rings. The molecule has 0 radical (unpaired) electrons. The first-order valence-corrected chi connectivity index (χ1v) is 14.4. The van der Waals surface area contributed by atoms with Crippen molar-refractivity contribution in [1.29, 1.82) is 0 Å². The number of benzene rings is 2. The van der Waals surface area contributed by atoms with Gasteiger partial charge in [0.2, 0.25) is 5.91 Å². The summed E-state index contributed by atoms with van der Waals surface area (Å²) < 4.78 is 11.6. The number of anilines is 2. The maximum Gasteiger partial charge on any atom is 0.321 e. The number of methoxy groups -OCH3 is 1. The van der Waals surface area contributed by atoms with Crippen LogP contribution in [0.1, 0.15) is 56.3 Å². The van der Waals surface area contributed by atoms with Crippen molar-refractivity contribution in [1.82, 2.24) is 9.80 Å². The van der Waals surface area contributed by atoms with E-state index in [4.69, 9.17) is 9.47 Å². The van der Waals surface area contributed by atoms with Crippen LogP contribution in [0.4, 0.5) is 16.2 Å². The zero-order valence-electron chi connectivity index (χ0n) is 24.4. The molecule has 4 amide bonds. The summed E-state index contributed by atoms with van der Waals surface area (Å²) in [6.45, 7) is 4.16. The lowest BCUT2D eigenvalue weighted by Crippen LogP contribution is -2.50. The number of carbonyl (C=O) groups is 3. The van der Waals surface area contributed by atoms with Gasteiger partial charge in [-0.2, -0.15) is 0 Å². The molecule has 2 aromatic rings. The number of hydrogen-bond acceptors (Lipinski definition) is 6. The summed E-state index contributed by atoms with van der Waals surface area (Å²) in [5, 5.41) is 15.8. The van der Waals surface area contributed by atoms with Gasteiger partial charge in [0.05, 0.1) is 31.9 Å². The number of urea groups is 1. The molecule has 4 rings (SSSR count). The fourth-order valence-electron chi connectivity index (χ4n) is 5.37. The number of aliphatic hydroxyl groups is 1. The molecule has 1 aliphatic heterocycles. The van der Waals surface area contributed by atoms with Crippen LogP contribution in [-0.4, -0.2) is 78.8 Å². The highest BCUT2D eigenvalue weighted by molar-refractivity contribution is 6.00. The minimum atomic E-state index is -0.440. The summed E-state index contributed by atoms with van der Waals surface area (Å²) in [5.41, 5.74) is 1.49. The first kappa shape index (κ1) is 30.2. The molecule has 3 N–H and O–H groups in total. The number of carbonyl (C=O) groups excluding carboxylic acids is 3. The monoisotopic (exact) mass is 566 g/mol.